The molecule has 0 spiro atoms. The van der Waals surface area contributed by atoms with E-state index in [4.69, 9.17) is 14.5 Å². The molecule has 24 heavy (non-hydrogen) atoms. The maximum atomic E-state index is 5.52. The van der Waals surface area contributed by atoms with Crippen LogP contribution < -0.4 is 20.1 Å². The summed E-state index contributed by atoms with van der Waals surface area (Å²) in [7, 11) is 0. The minimum atomic E-state index is 0. The molecule has 2 unspecified atom stereocenters. The van der Waals surface area contributed by atoms with Gasteiger partial charge < -0.3 is 20.1 Å². The Hall–Kier alpha value is -1.18. The fourth-order valence-corrected chi connectivity index (χ4v) is 3.16. The van der Waals surface area contributed by atoms with E-state index < -0.39 is 0 Å². The molecule has 2 N–H and O–H groups in total. The molecule has 5 nitrogen and oxygen atoms in total. The third-order valence-corrected chi connectivity index (χ3v) is 5.15. The lowest BCUT2D eigenvalue weighted by atomic mass is 9.96. The molecule has 2 aliphatic carbocycles. The number of nitrogens with zero attached hydrogens (tertiary/aromatic N) is 1. The molecule has 1 aliphatic heterocycles. The van der Waals surface area contributed by atoms with E-state index in [2.05, 4.69) is 36.6 Å². The minimum Gasteiger partial charge on any atom is -0.454 e. The molecule has 2 saturated carbocycles. The molecule has 6 heteroatoms. The Bertz CT molecular complexity index is 631. The van der Waals surface area contributed by atoms with Gasteiger partial charge in [0.15, 0.2) is 17.5 Å². The van der Waals surface area contributed by atoms with Crippen LogP contribution in [0.2, 0.25) is 0 Å². The highest BCUT2D eigenvalue weighted by atomic mass is 127. The second-order valence-electron chi connectivity index (χ2n) is 7.01. The van der Waals surface area contributed by atoms with E-state index in [0.717, 1.165) is 36.5 Å². The summed E-state index contributed by atoms with van der Waals surface area (Å²) in [6, 6.07) is 6.91. The van der Waals surface area contributed by atoms with Gasteiger partial charge in [-0.05, 0) is 49.8 Å². The fraction of sp³-hybridized carbons (Fsp3) is 0.611. The monoisotopic (exact) mass is 443 g/mol. The van der Waals surface area contributed by atoms with Crippen molar-refractivity contribution in [2.75, 3.05) is 19.9 Å². The molecular formula is C18H26IN3O2. The zero-order valence-corrected chi connectivity index (χ0v) is 16.6. The summed E-state index contributed by atoms with van der Waals surface area (Å²) >= 11 is 0. The number of aliphatic imine (C=N–C) groups is 1. The number of ether oxygens (including phenoxy) is 2. The topological polar surface area (TPSA) is 54.9 Å². The Morgan fingerprint density at radius 1 is 1.29 bits per heavy atom. The molecule has 1 heterocycles. The van der Waals surface area contributed by atoms with Crippen molar-refractivity contribution in [3.05, 3.63) is 23.8 Å². The van der Waals surface area contributed by atoms with Crippen LogP contribution in [0, 0.1) is 5.92 Å². The molecule has 132 valence electrons. The third kappa shape index (κ3) is 3.58. The van der Waals surface area contributed by atoms with E-state index in [1.54, 1.807) is 0 Å². The van der Waals surface area contributed by atoms with Gasteiger partial charge in [-0.25, -0.2) is 0 Å². The van der Waals surface area contributed by atoms with Crippen molar-refractivity contribution in [3.63, 3.8) is 0 Å². The SMILES string of the molecule is CCNC(=NCC1(c2ccc3c(c2)OCO3)CC1)NC1CC1C.I. The van der Waals surface area contributed by atoms with Crippen LogP contribution in [0.25, 0.3) is 0 Å². The number of rotatable bonds is 5. The van der Waals surface area contributed by atoms with Crippen LogP contribution in [0.3, 0.4) is 0 Å². The standard InChI is InChI=1S/C18H25N3O2.HI/c1-3-19-17(21-14-8-12(14)2)20-10-18(6-7-18)13-4-5-15-16(9-13)23-11-22-15;/h4-5,9,12,14H,3,6-8,10-11H2,1-2H3,(H2,19,20,21);1H. The molecule has 0 bridgehead atoms. The molecule has 3 aliphatic rings. The molecule has 1 aromatic rings. The van der Waals surface area contributed by atoms with Crippen LogP contribution in [0.15, 0.2) is 23.2 Å². The lowest BCUT2D eigenvalue weighted by molar-refractivity contribution is 0.174. The van der Waals surface area contributed by atoms with E-state index >= 15 is 0 Å². The fourth-order valence-electron chi connectivity index (χ4n) is 3.16. The van der Waals surface area contributed by atoms with E-state index in [1.807, 2.05) is 6.07 Å². The Morgan fingerprint density at radius 3 is 2.71 bits per heavy atom. The number of guanidine groups is 1. The predicted octanol–water partition coefficient (Wildman–Crippen LogP) is 3.03. The molecule has 2 atom stereocenters. The van der Waals surface area contributed by atoms with Gasteiger partial charge in [0.2, 0.25) is 6.79 Å². The first kappa shape index (κ1) is 17.6. The highest BCUT2D eigenvalue weighted by Gasteiger charge is 2.45. The van der Waals surface area contributed by atoms with Gasteiger partial charge in [0, 0.05) is 18.0 Å². The van der Waals surface area contributed by atoms with Crippen LogP contribution in [-0.2, 0) is 5.41 Å². The van der Waals surface area contributed by atoms with Gasteiger partial charge in [-0.15, -0.1) is 24.0 Å². The molecule has 0 amide bonds. The lowest BCUT2D eigenvalue weighted by Crippen LogP contribution is -2.39. The Balaban J connectivity index is 0.00000169. The van der Waals surface area contributed by atoms with Crippen molar-refractivity contribution in [2.24, 2.45) is 10.9 Å². The summed E-state index contributed by atoms with van der Waals surface area (Å²) in [5.74, 6) is 3.44. The maximum Gasteiger partial charge on any atom is 0.231 e. The molecule has 4 rings (SSSR count). The van der Waals surface area contributed by atoms with Gasteiger partial charge in [0.05, 0.1) is 6.54 Å². The molecule has 0 radical (unpaired) electrons. The van der Waals surface area contributed by atoms with Gasteiger partial charge in [0.25, 0.3) is 0 Å². The predicted molar refractivity (Wildman–Crippen MR) is 106 cm³/mol. The zero-order valence-electron chi connectivity index (χ0n) is 14.3. The normalized spacial score (nSPS) is 25.7. The van der Waals surface area contributed by atoms with E-state index in [9.17, 15) is 0 Å². The van der Waals surface area contributed by atoms with Crippen molar-refractivity contribution in [1.82, 2.24) is 10.6 Å². The van der Waals surface area contributed by atoms with Gasteiger partial charge >= 0.3 is 0 Å². The average Bonchev–Trinajstić information content (AvgIpc) is 3.43. The zero-order chi connectivity index (χ0) is 15.9. The Morgan fingerprint density at radius 2 is 2.04 bits per heavy atom. The second kappa shape index (κ2) is 6.98. The van der Waals surface area contributed by atoms with Crippen molar-refractivity contribution in [1.29, 1.82) is 0 Å². The number of fused-ring (bicyclic) bond motifs is 1. The first-order valence-corrected chi connectivity index (χ1v) is 8.65. The highest BCUT2D eigenvalue weighted by Crippen LogP contribution is 2.50. The van der Waals surface area contributed by atoms with Crippen molar-refractivity contribution < 1.29 is 9.47 Å². The van der Waals surface area contributed by atoms with Crippen molar-refractivity contribution in [2.45, 2.75) is 44.6 Å². The average molecular weight is 443 g/mol. The number of benzene rings is 1. The summed E-state index contributed by atoms with van der Waals surface area (Å²) in [6.45, 7) is 6.43. The van der Waals surface area contributed by atoms with Crippen LogP contribution in [0.1, 0.15) is 38.7 Å². The van der Waals surface area contributed by atoms with Crippen LogP contribution in [0.5, 0.6) is 11.5 Å². The van der Waals surface area contributed by atoms with E-state index in [1.165, 1.54) is 24.8 Å². The van der Waals surface area contributed by atoms with E-state index in [0.29, 0.717) is 12.8 Å². The molecular weight excluding hydrogens is 417 g/mol. The summed E-state index contributed by atoms with van der Waals surface area (Å²) in [5.41, 5.74) is 1.50. The van der Waals surface area contributed by atoms with Crippen LogP contribution in [0.4, 0.5) is 0 Å². The second-order valence-corrected chi connectivity index (χ2v) is 7.01. The number of nitrogens with one attached hydrogen (secondary N) is 2. The molecule has 1 aromatic carbocycles. The minimum absolute atomic E-state index is 0. The Labute approximate surface area is 160 Å². The van der Waals surface area contributed by atoms with Gasteiger partial charge in [-0.3, -0.25) is 4.99 Å². The third-order valence-electron chi connectivity index (χ3n) is 5.15. The smallest absolute Gasteiger partial charge is 0.231 e. The van der Waals surface area contributed by atoms with Crippen LogP contribution >= 0.6 is 24.0 Å². The number of hydrogen-bond acceptors (Lipinski definition) is 3. The van der Waals surface area contributed by atoms with Crippen molar-refractivity contribution in [3.8, 4) is 11.5 Å². The Kier molecular flexibility index (Phi) is 5.13. The summed E-state index contributed by atoms with van der Waals surface area (Å²) in [4.78, 5) is 4.85. The molecule has 2 fully saturated rings. The summed E-state index contributed by atoms with van der Waals surface area (Å²) in [6.07, 6.45) is 3.63. The molecule has 0 aromatic heterocycles. The van der Waals surface area contributed by atoms with Crippen LogP contribution in [-0.4, -0.2) is 31.9 Å². The van der Waals surface area contributed by atoms with Gasteiger partial charge in [-0.1, -0.05) is 13.0 Å². The number of hydrogen-bond donors (Lipinski definition) is 2. The van der Waals surface area contributed by atoms with E-state index in [-0.39, 0.29) is 29.4 Å². The quantitative estimate of drug-likeness (QED) is 0.418. The molecule has 0 saturated heterocycles. The number of halogens is 1. The van der Waals surface area contributed by atoms with Crippen molar-refractivity contribution >= 4 is 29.9 Å². The van der Waals surface area contributed by atoms with Gasteiger partial charge in [-0.2, -0.15) is 0 Å². The first-order valence-electron chi connectivity index (χ1n) is 8.65. The summed E-state index contributed by atoms with van der Waals surface area (Å²) < 4.78 is 10.9. The maximum absolute atomic E-state index is 5.52. The lowest BCUT2D eigenvalue weighted by Gasteiger charge is -2.16. The highest BCUT2D eigenvalue weighted by molar-refractivity contribution is 14.0. The largest absolute Gasteiger partial charge is 0.454 e. The van der Waals surface area contributed by atoms with Gasteiger partial charge in [0.1, 0.15) is 0 Å². The first-order chi connectivity index (χ1) is 11.2. The summed E-state index contributed by atoms with van der Waals surface area (Å²) in [5, 5.41) is 6.89.